The summed E-state index contributed by atoms with van der Waals surface area (Å²) in [5.74, 6) is -1.23. The van der Waals surface area contributed by atoms with Crippen molar-refractivity contribution < 1.29 is 22.9 Å². The molecule has 0 fully saturated rings. The topological polar surface area (TPSA) is 94.9 Å². The van der Waals surface area contributed by atoms with Crippen LogP contribution in [0, 0.1) is 0 Å². The van der Waals surface area contributed by atoms with Crippen LogP contribution < -0.4 is 4.90 Å². The summed E-state index contributed by atoms with van der Waals surface area (Å²) >= 11 is 1.40. The molecule has 2 N–H and O–H groups in total. The lowest BCUT2D eigenvalue weighted by atomic mass is 9.80. The fourth-order valence-corrected chi connectivity index (χ4v) is 5.02. The van der Waals surface area contributed by atoms with E-state index in [0.29, 0.717) is 18.5 Å². The van der Waals surface area contributed by atoms with Gasteiger partial charge in [-0.05, 0) is 36.4 Å². The molecule has 0 aliphatic carbocycles. The van der Waals surface area contributed by atoms with Crippen molar-refractivity contribution in [2.24, 2.45) is 0 Å². The van der Waals surface area contributed by atoms with Crippen molar-refractivity contribution in [1.29, 1.82) is 0 Å². The Balaban J connectivity index is 2.12. The Morgan fingerprint density at radius 2 is 2.08 bits per heavy atom. The van der Waals surface area contributed by atoms with Crippen LogP contribution in [0.2, 0.25) is 0 Å². The maximum absolute atomic E-state index is 11.7. The van der Waals surface area contributed by atoms with Crippen LogP contribution in [0.25, 0.3) is 10.1 Å². The molecule has 2 heterocycles. The van der Waals surface area contributed by atoms with Gasteiger partial charge in [-0.2, -0.15) is 8.42 Å². The first-order chi connectivity index (χ1) is 11.5. The van der Waals surface area contributed by atoms with Gasteiger partial charge >= 0.3 is 5.97 Å². The molecule has 25 heavy (non-hydrogen) atoms. The van der Waals surface area contributed by atoms with Gasteiger partial charge in [-0.1, -0.05) is 13.8 Å². The van der Waals surface area contributed by atoms with Crippen molar-refractivity contribution in [3.8, 4) is 0 Å². The molecule has 1 unspecified atom stereocenters. The van der Waals surface area contributed by atoms with Crippen LogP contribution in [0.3, 0.4) is 0 Å². The number of hydrogen-bond donors (Lipinski definition) is 2. The highest BCUT2D eigenvalue weighted by Crippen LogP contribution is 2.50. The number of aromatic carboxylic acids is 1. The minimum absolute atomic E-state index is 0.0797. The van der Waals surface area contributed by atoms with E-state index in [1.807, 2.05) is 11.4 Å². The second kappa shape index (κ2) is 5.96. The molecule has 1 aromatic heterocycles. The quantitative estimate of drug-likeness (QED) is 0.769. The molecule has 1 atom stereocenters. The molecular formula is C17H21NO5S2. The number of anilines is 1. The molecule has 0 amide bonds. The highest BCUT2D eigenvalue weighted by atomic mass is 32.2. The molecule has 136 valence electrons. The zero-order chi connectivity index (χ0) is 18.6. The fraction of sp³-hybridized carbons (Fsp3) is 0.471. The highest BCUT2D eigenvalue weighted by molar-refractivity contribution is 7.85. The van der Waals surface area contributed by atoms with Gasteiger partial charge in [0.2, 0.25) is 0 Å². The number of rotatable bonds is 5. The summed E-state index contributed by atoms with van der Waals surface area (Å²) in [6.45, 7) is 6.69. The van der Waals surface area contributed by atoms with Crippen molar-refractivity contribution in [1.82, 2.24) is 0 Å². The third-order valence-electron chi connectivity index (χ3n) is 5.23. The Hall–Kier alpha value is -1.64. The van der Waals surface area contributed by atoms with E-state index in [2.05, 4.69) is 25.7 Å². The second-order valence-electron chi connectivity index (χ2n) is 7.02. The van der Waals surface area contributed by atoms with Gasteiger partial charge in [-0.25, -0.2) is 4.79 Å². The van der Waals surface area contributed by atoms with Crippen LogP contribution >= 0.6 is 11.3 Å². The number of nitrogens with zero attached hydrogens (tertiary/aromatic N) is 1. The Bertz CT molecular complexity index is 945. The summed E-state index contributed by atoms with van der Waals surface area (Å²) in [6, 6.07) is 3.77. The van der Waals surface area contributed by atoms with Gasteiger partial charge in [-0.15, -0.1) is 11.3 Å². The number of fused-ring (bicyclic) bond motifs is 3. The van der Waals surface area contributed by atoms with Crippen LogP contribution in [0.15, 0.2) is 17.5 Å². The first-order valence-corrected chi connectivity index (χ1v) is 10.5. The molecular weight excluding hydrogens is 362 g/mol. The van der Waals surface area contributed by atoms with Gasteiger partial charge < -0.3 is 10.0 Å². The maximum Gasteiger partial charge on any atom is 0.337 e. The van der Waals surface area contributed by atoms with E-state index in [0.717, 1.165) is 21.3 Å². The lowest BCUT2D eigenvalue weighted by Crippen LogP contribution is -2.39. The van der Waals surface area contributed by atoms with Gasteiger partial charge in [0.1, 0.15) is 0 Å². The van der Waals surface area contributed by atoms with Crippen LogP contribution in [-0.2, 0) is 15.5 Å². The average molecular weight is 383 g/mol. The van der Waals surface area contributed by atoms with E-state index in [-0.39, 0.29) is 17.2 Å². The summed E-state index contributed by atoms with van der Waals surface area (Å²) in [5, 5.41) is 12.3. The molecule has 0 bridgehead atoms. The predicted molar refractivity (Wildman–Crippen MR) is 99.7 cm³/mol. The first-order valence-electron chi connectivity index (χ1n) is 8.04. The average Bonchev–Trinajstić information content (AvgIpc) is 3.03. The zero-order valence-electron chi connectivity index (χ0n) is 14.3. The molecule has 0 radical (unpaired) electrons. The van der Waals surface area contributed by atoms with Gasteiger partial charge in [0.15, 0.2) is 0 Å². The number of thiophene rings is 1. The second-order valence-corrected chi connectivity index (χ2v) is 9.51. The van der Waals surface area contributed by atoms with Gasteiger partial charge in [0.25, 0.3) is 10.1 Å². The van der Waals surface area contributed by atoms with Crippen molar-refractivity contribution in [2.75, 3.05) is 17.2 Å². The number of carboxylic acids is 1. The molecule has 1 aliphatic rings. The Kier molecular flexibility index (Phi) is 4.33. The van der Waals surface area contributed by atoms with Gasteiger partial charge in [0, 0.05) is 29.1 Å². The van der Waals surface area contributed by atoms with Crippen LogP contribution in [0.4, 0.5) is 5.69 Å². The van der Waals surface area contributed by atoms with Gasteiger partial charge in [-0.3, -0.25) is 4.55 Å². The van der Waals surface area contributed by atoms with Crippen molar-refractivity contribution in [3.05, 3.63) is 28.6 Å². The normalized spacial score (nSPS) is 19.4. The summed E-state index contributed by atoms with van der Waals surface area (Å²) < 4.78 is 31.8. The zero-order valence-corrected chi connectivity index (χ0v) is 15.9. The Morgan fingerprint density at radius 1 is 1.40 bits per heavy atom. The summed E-state index contributed by atoms with van der Waals surface area (Å²) in [7, 11) is -3.99. The molecule has 0 saturated carbocycles. The summed E-state index contributed by atoms with van der Waals surface area (Å²) in [5.41, 5.74) is 1.99. The molecule has 0 spiro atoms. The predicted octanol–water partition coefficient (Wildman–Crippen LogP) is 3.36. The number of carbonyl (C=O) groups is 1. The molecule has 1 aromatic carbocycles. The molecule has 0 saturated heterocycles. The van der Waals surface area contributed by atoms with Crippen LogP contribution in [0.5, 0.6) is 0 Å². The standard InChI is InChI=1S/C17H21NO5S2/c1-10-17(2,3)13-9-12(16(19)20)15-11(5-7-24-15)14(13)18(10)6-4-8-25(21,22)23/h5,7,9-10H,4,6,8H2,1-3H3,(H,19,20)(H,21,22,23). The smallest absolute Gasteiger partial charge is 0.337 e. The van der Waals surface area contributed by atoms with E-state index < -0.39 is 16.1 Å². The van der Waals surface area contributed by atoms with Crippen molar-refractivity contribution in [2.45, 2.75) is 38.6 Å². The molecule has 8 heteroatoms. The number of hydrogen-bond acceptors (Lipinski definition) is 5. The number of benzene rings is 1. The lowest BCUT2D eigenvalue weighted by molar-refractivity contribution is 0.0699. The van der Waals surface area contributed by atoms with Crippen LogP contribution in [-0.4, -0.2) is 42.4 Å². The fourth-order valence-electron chi connectivity index (χ4n) is 3.62. The van der Waals surface area contributed by atoms with Gasteiger partial charge in [0.05, 0.1) is 16.0 Å². The molecule has 2 aromatic rings. The van der Waals surface area contributed by atoms with Crippen molar-refractivity contribution in [3.63, 3.8) is 0 Å². The first kappa shape index (κ1) is 18.2. The molecule has 1 aliphatic heterocycles. The largest absolute Gasteiger partial charge is 0.478 e. The minimum Gasteiger partial charge on any atom is -0.478 e. The van der Waals surface area contributed by atoms with E-state index in [1.165, 1.54) is 11.3 Å². The lowest BCUT2D eigenvalue weighted by Gasteiger charge is -2.31. The van der Waals surface area contributed by atoms with Crippen molar-refractivity contribution >= 4 is 43.2 Å². The molecule has 3 rings (SSSR count). The Morgan fingerprint density at radius 3 is 2.68 bits per heavy atom. The third-order valence-corrected chi connectivity index (χ3v) is 6.99. The van der Waals surface area contributed by atoms with E-state index >= 15 is 0 Å². The monoisotopic (exact) mass is 383 g/mol. The van der Waals surface area contributed by atoms with E-state index in [1.54, 1.807) is 6.07 Å². The number of carboxylic acid groups (broad SMARTS) is 1. The van der Waals surface area contributed by atoms with E-state index in [4.69, 9.17) is 4.55 Å². The molecule has 6 nitrogen and oxygen atoms in total. The SMILES string of the molecule is CC1N(CCCS(=O)(=O)O)c2c(cc(C(=O)O)c3sccc23)C1(C)C. The summed E-state index contributed by atoms with van der Waals surface area (Å²) in [4.78, 5) is 13.8. The maximum atomic E-state index is 11.7. The minimum atomic E-state index is -3.99. The Labute approximate surface area is 150 Å². The van der Waals surface area contributed by atoms with E-state index in [9.17, 15) is 18.3 Å². The third kappa shape index (κ3) is 3.02. The van der Waals surface area contributed by atoms with Crippen LogP contribution in [0.1, 0.15) is 43.1 Å². The summed E-state index contributed by atoms with van der Waals surface area (Å²) in [6.07, 6.45) is 0.311. The highest BCUT2D eigenvalue weighted by Gasteiger charge is 2.43.